The van der Waals surface area contributed by atoms with E-state index in [0.717, 1.165) is 49.8 Å². The summed E-state index contributed by atoms with van der Waals surface area (Å²) in [5.41, 5.74) is 2.50. The molecule has 7 heteroatoms. The second kappa shape index (κ2) is 6.90. The lowest BCUT2D eigenvalue weighted by atomic mass is 9.93. The van der Waals surface area contributed by atoms with E-state index in [1.165, 1.54) is 12.4 Å². The van der Waals surface area contributed by atoms with Crippen molar-refractivity contribution in [1.29, 1.82) is 0 Å². The molecule has 1 aliphatic heterocycles. The highest BCUT2D eigenvalue weighted by molar-refractivity contribution is 5.94. The van der Waals surface area contributed by atoms with Crippen molar-refractivity contribution in [3.8, 4) is 0 Å². The standard InChI is InChI=1S/C19H22N4O3/c24-17-9-16(20-11-21-17)13-5-3-7-23(10-13)19(26)14-8-12-4-1-2-6-15(12)22-18(14)25/h8-9,11,13H,1-7,10H2,(H,22,25)(H,20,21,24). The zero-order valence-corrected chi connectivity index (χ0v) is 14.6. The number of pyridine rings is 1. The third-order valence-electron chi connectivity index (χ3n) is 5.39. The molecule has 3 heterocycles. The fourth-order valence-corrected chi connectivity index (χ4v) is 4.01. The zero-order valence-electron chi connectivity index (χ0n) is 14.6. The van der Waals surface area contributed by atoms with Crippen molar-refractivity contribution in [2.24, 2.45) is 0 Å². The lowest BCUT2D eigenvalue weighted by Crippen LogP contribution is -2.41. The average molecular weight is 354 g/mol. The molecular formula is C19H22N4O3. The molecule has 0 aromatic carbocycles. The van der Waals surface area contributed by atoms with Gasteiger partial charge >= 0.3 is 0 Å². The van der Waals surface area contributed by atoms with E-state index < -0.39 is 0 Å². The number of H-pyrrole nitrogens is 2. The van der Waals surface area contributed by atoms with Crippen LogP contribution >= 0.6 is 0 Å². The van der Waals surface area contributed by atoms with Crippen molar-refractivity contribution in [2.45, 2.75) is 44.4 Å². The number of aryl methyl sites for hydroxylation is 2. The number of carbonyl (C=O) groups excluding carboxylic acids is 1. The van der Waals surface area contributed by atoms with Crippen LogP contribution in [0.2, 0.25) is 0 Å². The van der Waals surface area contributed by atoms with Gasteiger partial charge in [0.2, 0.25) is 0 Å². The molecule has 7 nitrogen and oxygen atoms in total. The smallest absolute Gasteiger partial charge is 0.261 e. The minimum Gasteiger partial charge on any atom is -0.338 e. The van der Waals surface area contributed by atoms with E-state index in [4.69, 9.17) is 0 Å². The molecule has 1 amide bonds. The van der Waals surface area contributed by atoms with E-state index in [1.807, 2.05) is 0 Å². The van der Waals surface area contributed by atoms with Crippen LogP contribution in [0.3, 0.4) is 0 Å². The highest BCUT2D eigenvalue weighted by atomic mass is 16.2. The van der Waals surface area contributed by atoms with Gasteiger partial charge in [0.1, 0.15) is 5.56 Å². The lowest BCUT2D eigenvalue weighted by molar-refractivity contribution is 0.0704. The number of nitrogens with zero attached hydrogens (tertiary/aromatic N) is 2. The van der Waals surface area contributed by atoms with Crippen molar-refractivity contribution < 1.29 is 4.79 Å². The Morgan fingerprint density at radius 2 is 2.00 bits per heavy atom. The molecule has 1 atom stereocenters. The first-order valence-electron chi connectivity index (χ1n) is 9.21. The van der Waals surface area contributed by atoms with Crippen LogP contribution in [0.5, 0.6) is 0 Å². The van der Waals surface area contributed by atoms with Gasteiger partial charge in [0.05, 0.1) is 12.0 Å². The molecule has 0 bridgehead atoms. The molecule has 2 aromatic heterocycles. The summed E-state index contributed by atoms with van der Waals surface area (Å²) in [5.74, 6) is -0.208. The summed E-state index contributed by atoms with van der Waals surface area (Å²) in [7, 11) is 0. The van der Waals surface area contributed by atoms with Gasteiger partial charge < -0.3 is 14.9 Å². The average Bonchev–Trinajstić information content (AvgIpc) is 2.67. The van der Waals surface area contributed by atoms with Gasteiger partial charge in [-0.25, -0.2) is 4.98 Å². The van der Waals surface area contributed by atoms with Crippen molar-refractivity contribution in [2.75, 3.05) is 13.1 Å². The largest absolute Gasteiger partial charge is 0.338 e. The minimum atomic E-state index is -0.299. The third kappa shape index (κ3) is 3.21. The van der Waals surface area contributed by atoms with Crippen LogP contribution in [0.1, 0.15) is 58.9 Å². The highest BCUT2D eigenvalue weighted by Gasteiger charge is 2.28. The number of fused-ring (bicyclic) bond motifs is 1. The van der Waals surface area contributed by atoms with Gasteiger partial charge in [0.15, 0.2) is 0 Å². The highest BCUT2D eigenvalue weighted by Crippen LogP contribution is 2.26. The van der Waals surface area contributed by atoms with E-state index in [1.54, 1.807) is 11.0 Å². The number of nitrogens with one attached hydrogen (secondary N) is 2. The first-order chi connectivity index (χ1) is 12.6. The molecule has 0 saturated carbocycles. The molecule has 1 fully saturated rings. The summed E-state index contributed by atoms with van der Waals surface area (Å²) < 4.78 is 0. The monoisotopic (exact) mass is 354 g/mol. The number of aromatic nitrogens is 3. The van der Waals surface area contributed by atoms with E-state index in [2.05, 4.69) is 15.0 Å². The van der Waals surface area contributed by atoms with Crippen LogP contribution in [-0.2, 0) is 12.8 Å². The van der Waals surface area contributed by atoms with Gasteiger partial charge in [0.25, 0.3) is 17.0 Å². The predicted octanol–water partition coefficient (Wildman–Crippen LogP) is 1.36. The van der Waals surface area contributed by atoms with Crippen LogP contribution in [0.15, 0.2) is 28.0 Å². The molecule has 4 rings (SSSR count). The van der Waals surface area contributed by atoms with Crippen molar-refractivity contribution in [1.82, 2.24) is 19.9 Å². The Morgan fingerprint density at radius 3 is 2.85 bits per heavy atom. The molecule has 2 aromatic rings. The van der Waals surface area contributed by atoms with E-state index in [0.29, 0.717) is 18.8 Å². The molecule has 136 valence electrons. The summed E-state index contributed by atoms with van der Waals surface area (Å²) in [5, 5.41) is 0. The number of piperidine rings is 1. The molecule has 1 saturated heterocycles. The number of carbonyl (C=O) groups is 1. The quantitative estimate of drug-likeness (QED) is 0.850. The number of likely N-dealkylation sites (tertiary alicyclic amines) is 1. The summed E-state index contributed by atoms with van der Waals surface area (Å²) in [6, 6.07) is 3.27. The predicted molar refractivity (Wildman–Crippen MR) is 96.4 cm³/mol. The van der Waals surface area contributed by atoms with E-state index in [9.17, 15) is 14.4 Å². The Bertz CT molecular complexity index is 946. The summed E-state index contributed by atoms with van der Waals surface area (Å²) in [4.78, 5) is 48.3. The maximum Gasteiger partial charge on any atom is 0.261 e. The van der Waals surface area contributed by atoms with E-state index in [-0.39, 0.29) is 28.5 Å². The molecule has 0 radical (unpaired) electrons. The topological polar surface area (TPSA) is 98.9 Å². The summed E-state index contributed by atoms with van der Waals surface area (Å²) in [6.07, 6.45) is 7.05. The van der Waals surface area contributed by atoms with Crippen molar-refractivity contribution in [3.05, 3.63) is 61.7 Å². The Labute approximate surface area is 150 Å². The minimum absolute atomic E-state index is 0.0201. The molecule has 1 aliphatic carbocycles. The zero-order chi connectivity index (χ0) is 18.1. The molecule has 2 N–H and O–H groups in total. The Hall–Kier alpha value is -2.70. The van der Waals surface area contributed by atoms with Crippen LogP contribution < -0.4 is 11.1 Å². The van der Waals surface area contributed by atoms with Gasteiger partial charge in [0, 0.05) is 30.8 Å². The second-order valence-corrected chi connectivity index (χ2v) is 7.15. The molecule has 2 aliphatic rings. The van der Waals surface area contributed by atoms with Crippen LogP contribution in [0, 0.1) is 0 Å². The Balaban J connectivity index is 1.58. The van der Waals surface area contributed by atoms with Gasteiger partial charge in [-0.1, -0.05) is 0 Å². The van der Waals surface area contributed by atoms with Crippen LogP contribution in [-0.4, -0.2) is 38.8 Å². The first kappa shape index (κ1) is 16.8. The maximum atomic E-state index is 13.0. The van der Waals surface area contributed by atoms with Crippen LogP contribution in [0.4, 0.5) is 0 Å². The van der Waals surface area contributed by atoms with Crippen LogP contribution in [0.25, 0.3) is 0 Å². The van der Waals surface area contributed by atoms with Gasteiger partial charge in [-0.15, -0.1) is 0 Å². The Morgan fingerprint density at radius 1 is 1.15 bits per heavy atom. The number of rotatable bonds is 2. The summed E-state index contributed by atoms with van der Waals surface area (Å²) >= 11 is 0. The van der Waals surface area contributed by atoms with E-state index >= 15 is 0 Å². The number of hydrogen-bond donors (Lipinski definition) is 2. The number of amides is 1. The lowest BCUT2D eigenvalue weighted by Gasteiger charge is -2.32. The normalized spacial score (nSPS) is 19.8. The number of aromatic amines is 2. The second-order valence-electron chi connectivity index (χ2n) is 7.15. The third-order valence-corrected chi connectivity index (χ3v) is 5.39. The Kier molecular flexibility index (Phi) is 4.44. The van der Waals surface area contributed by atoms with Gasteiger partial charge in [-0.05, 0) is 50.2 Å². The maximum absolute atomic E-state index is 13.0. The summed E-state index contributed by atoms with van der Waals surface area (Å²) in [6.45, 7) is 1.10. The fraction of sp³-hybridized carbons (Fsp3) is 0.474. The fourth-order valence-electron chi connectivity index (χ4n) is 4.01. The molecular weight excluding hydrogens is 332 g/mol. The molecule has 26 heavy (non-hydrogen) atoms. The van der Waals surface area contributed by atoms with Crippen molar-refractivity contribution in [3.63, 3.8) is 0 Å². The first-order valence-corrected chi connectivity index (χ1v) is 9.21. The number of hydrogen-bond acceptors (Lipinski definition) is 4. The SMILES string of the molecule is O=C(c1cc2c([nH]c1=O)CCCC2)N1CCCC(c2cc(=O)[nH]cn2)C1. The van der Waals surface area contributed by atoms with Crippen molar-refractivity contribution >= 4 is 5.91 Å². The van der Waals surface area contributed by atoms with Gasteiger partial charge in [-0.2, -0.15) is 0 Å². The van der Waals surface area contributed by atoms with Gasteiger partial charge in [-0.3, -0.25) is 14.4 Å². The molecule has 1 unspecified atom stereocenters. The molecule has 0 spiro atoms.